The molecule has 88 valence electrons. The number of ether oxygens (including phenoxy) is 1. The normalized spacial score (nSPS) is 9.60. The molecule has 0 rings (SSSR count). The molecule has 0 saturated heterocycles. The lowest BCUT2D eigenvalue weighted by Gasteiger charge is -2.10. The lowest BCUT2D eigenvalue weighted by molar-refractivity contribution is 0.152. The summed E-state index contributed by atoms with van der Waals surface area (Å²) in [6.07, 6.45) is -0.469. The van der Waals surface area contributed by atoms with Crippen LogP contribution in [0, 0.1) is 0 Å². The second kappa shape index (κ2) is 7.90. The Hall–Kier alpha value is -1.46. The van der Waals surface area contributed by atoms with Crippen LogP contribution in [0.4, 0.5) is 9.59 Å². The van der Waals surface area contributed by atoms with Gasteiger partial charge in [0.25, 0.3) is 0 Å². The quantitative estimate of drug-likeness (QED) is 0.585. The van der Waals surface area contributed by atoms with Gasteiger partial charge in [0.2, 0.25) is 0 Å². The molecule has 0 aromatic carbocycles. The molecule has 0 aliphatic heterocycles. The molecule has 0 heterocycles. The van der Waals surface area contributed by atoms with E-state index in [0.29, 0.717) is 19.7 Å². The fourth-order valence-corrected chi connectivity index (χ4v) is 0.836. The highest BCUT2D eigenvalue weighted by molar-refractivity contribution is 5.74. The first-order valence-corrected chi connectivity index (χ1v) is 5.01. The number of hydrogen-bond acceptors (Lipinski definition) is 3. The Bertz CT molecular complexity index is 207. The maximum absolute atomic E-state index is 11.1. The minimum Gasteiger partial charge on any atom is -0.450 e. The van der Waals surface area contributed by atoms with Crippen molar-refractivity contribution in [3.05, 3.63) is 0 Å². The smallest absolute Gasteiger partial charge is 0.407 e. The van der Waals surface area contributed by atoms with Crippen molar-refractivity contribution >= 4 is 12.1 Å². The molecule has 0 fully saturated rings. The molecule has 6 nitrogen and oxygen atoms in total. The molecule has 0 bridgehead atoms. The van der Waals surface area contributed by atoms with Gasteiger partial charge in [-0.2, -0.15) is 0 Å². The van der Waals surface area contributed by atoms with E-state index in [1.54, 1.807) is 6.92 Å². The van der Waals surface area contributed by atoms with Crippen LogP contribution in [0.1, 0.15) is 20.8 Å². The summed E-state index contributed by atoms with van der Waals surface area (Å²) in [4.78, 5) is 21.9. The summed E-state index contributed by atoms with van der Waals surface area (Å²) >= 11 is 0. The van der Waals surface area contributed by atoms with E-state index in [-0.39, 0.29) is 12.1 Å². The van der Waals surface area contributed by atoms with Gasteiger partial charge in [-0.25, -0.2) is 9.59 Å². The van der Waals surface area contributed by atoms with Crippen LogP contribution in [0.2, 0.25) is 0 Å². The van der Waals surface area contributed by atoms with Crippen molar-refractivity contribution < 1.29 is 14.3 Å². The number of hydrogen-bond donors (Lipinski definition) is 3. The monoisotopic (exact) mass is 217 g/mol. The number of amides is 3. The van der Waals surface area contributed by atoms with Crippen LogP contribution in [-0.4, -0.2) is 37.9 Å². The van der Waals surface area contributed by atoms with Gasteiger partial charge in [0, 0.05) is 19.1 Å². The van der Waals surface area contributed by atoms with Gasteiger partial charge >= 0.3 is 12.1 Å². The van der Waals surface area contributed by atoms with Gasteiger partial charge in [-0.3, -0.25) is 0 Å². The zero-order chi connectivity index (χ0) is 11.7. The van der Waals surface area contributed by atoms with Crippen molar-refractivity contribution in [2.24, 2.45) is 0 Å². The van der Waals surface area contributed by atoms with E-state index in [2.05, 4.69) is 20.7 Å². The number of carbonyl (C=O) groups excluding carboxylic acids is 2. The Morgan fingerprint density at radius 1 is 1.20 bits per heavy atom. The molecule has 0 saturated carbocycles. The SMILES string of the molecule is CCOC(=O)NCCNC(=O)NC(C)C. The summed E-state index contributed by atoms with van der Waals surface area (Å²) in [6.45, 7) is 6.54. The molecule has 0 radical (unpaired) electrons. The summed E-state index contributed by atoms with van der Waals surface area (Å²) in [5.74, 6) is 0. The molecule has 3 N–H and O–H groups in total. The zero-order valence-electron chi connectivity index (χ0n) is 9.42. The third-order valence-corrected chi connectivity index (χ3v) is 1.38. The predicted molar refractivity (Wildman–Crippen MR) is 56.7 cm³/mol. The fraction of sp³-hybridized carbons (Fsp3) is 0.778. The maximum Gasteiger partial charge on any atom is 0.407 e. The van der Waals surface area contributed by atoms with Crippen molar-refractivity contribution in [2.75, 3.05) is 19.7 Å². The highest BCUT2D eigenvalue weighted by atomic mass is 16.5. The minimum atomic E-state index is -0.469. The topological polar surface area (TPSA) is 79.5 Å². The average Bonchev–Trinajstić information content (AvgIpc) is 2.12. The van der Waals surface area contributed by atoms with Crippen LogP contribution in [0.3, 0.4) is 0 Å². The second-order valence-corrected chi connectivity index (χ2v) is 3.20. The van der Waals surface area contributed by atoms with Crippen LogP contribution >= 0.6 is 0 Å². The van der Waals surface area contributed by atoms with E-state index in [0.717, 1.165) is 0 Å². The van der Waals surface area contributed by atoms with Crippen molar-refractivity contribution in [2.45, 2.75) is 26.8 Å². The molecular formula is C9H19N3O3. The molecule has 6 heteroatoms. The molecule has 0 aromatic rings. The molecule has 0 spiro atoms. The second-order valence-electron chi connectivity index (χ2n) is 3.20. The lowest BCUT2D eigenvalue weighted by atomic mass is 10.4. The molecule has 0 aromatic heterocycles. The molecule has 15 heavy (non-hydrogen) atoms. The van der Waals surface area contributed by atoms with Gasteiger partial charge in [-0.1, -0.05) is 0 Å². The van der Waals surface area contributed by atoms with E-state index in [1.165, 1.54) is 0 Å². The van der Waals surface area contributed by atoms with E-state index in [4.69, 9.17) is 0 Å². The summed E-state index contributed by atoms with van der Waals surface area (Å²) in [5.41, 5.74) is 0. The Balaban J connectivity index is 3.38. The van der Waals surface area contributed by atoms with Gasteiger partial charge in [-0.05, 0) is 20.8 Å². The summed E-state index contributed by atoms with van der Waals surface area (Å²) < 4.78 is 4.64. The third-order valence-electron chi connectivity index (χ3n) is 1.38. The number of rotatable bonds is 5. The molecule has 0 aliphatic carbocycles. The molecule has 0 aliphatic rings. The Morgan fingerprint density at radius 3 is 2.33 bits per heavy atom. The number of nitrogens with one attached hydrogen (secondary N) is 3. The molecule has 3 amide bonds. The van der Waals surface area contributed by atoms with E-state index >= 15 is 0 Å². The average molecular weight is 217 g/mol. The minimum absolute atomic E-state index is 0.100. The van der Waals surface area contributed by atoms with E-state index in [9.17, 15) is 9.59 Å². The van der Waals surface area contributed by atoms with Crippen LogP contribution in [-0.2, 0) is 4.74 Å². The van der Waals surface area contributed by atoms with Gasteiger partial charge in [0.15, 0.2) is 0 Å². The van der Waals surface area contributed by atoms with E-state index in [1.807, 2.05) is 13.8 Å². The van der Waals surface area contributed by atoms with Gasteiger partial charge in [0.1, 0.15) is 0 Å². The Kier molecular flexibility index (Phi) is 7.13. The number of carbonyl (C=O) groups is 2. The summed E-state index contributed by atoms with van der Waals surface area (Å²) in [6, 6.07) is -0.140. The lowest BCUT2D eigenvalue weighted by Crippen LogP contribution is -2.42. The molecule has 0 unspecified atom stereocenters. The van der Waals surface area contributed by atoms with Crippen LogP contribution in [0.25, 0.3) is 0 Å². The molecular weight excluding hydrogens is 198 g/mol. The van der Waals surface area contributed by atoms with Crippen molar-refractivity contribution in [1.82, 2.24) is 16.0 Å². The first kappa shape index (κ1) is 13.5. The van der Waals surface area contributed by atoms with Gasteiger partial charge in [0.05, 0.1) is 6.61 Å². The Labute approximate surface area is 89.7 Å². The highest BCUT2D eigenvalue weighted by Crippen LogP contribution is 1.76. The van der Waals surface area contributed by atoms with Crippen molar-refractivity contribution in [1.29, 1.82) is 0 Å². The largest absolute Gasteiger partial charge is 0.450 e. The highest BCUT2D eigenvalue weighted by Gasteiger charge is 2.02. The zero-order valence-corrected chi connectivity index (χ0v) is 9.42. The fourth-order valence-electron chi connectivity index (χ4n) is 0.836. The van der Waals surface area contributed by atoms with Gasteiger partial charge < -0.3 is 20.7 Å². The Morgan fingerprint density at radius 2 is 1.80 bits per heavy atom. The molecule has 0 atom stereocenters. The van der Waals surface area contributed by atoms with Crippen molar-refractivity contribution in [3.8, 4) is 0 Å². The summed E-state index contributed by atoms with van der Waals surface area (Å²) in [7, 11) is 0. The number of urea groups is 1. The first-order chi connectivity index (χ1) is 7.06. The van der Waals surface area contributed by atoms with Crippen molar-refractivity contribution in [3.63, 3.8) is 0 Å². The standard InChI is InChI=1S/C9H19N3O3/c1-4-15-9(14)11-6-5-10-8(13)12-7(2)3/h7H,4-6H2,1-3H3,(H,11,14)(H2,10,12,13). The first-order valence-electron chi connectivity index (χ1n) is 5.01. The van der Waals surface area contributed by atoms with Crippen LogP contribution in [0.15, 0.2) is 0 Å². The van der Waals surface area contributed by atoms with E-state index < -0.39 is 6.09 Å². The number of alkyl carbamates (subject to hydrolysis) is 1. The predicted octanol–water partition coefficient (Wildman–Crippen LogP) is 0.440. The maximum atomic E-state index is 11.1. The summed E-state index contributed by atoms with van der Waals surface area (Å²) in [5, 5.41) is 7.74. The van der Waals surface area contributed by atoms with Crippen LogP contribution < -0.4 is 16.0 Å². The van der Waals surface area contributed by atoms with Crippen LogP contribution in [0.5, 0.6) is 0 Å². The van der Waals surface area contributed by atoms with Gasteiger partial charge in [-0.15, -0.1) is 0 Å². The third kappa shape index (κ3) is 8.86.